The molecule has 1 aromatic heterocycles. The van der Waals surface area contributed by atoms with E-state index in [1.807, 2.05) is 24.3 Å². The van der Waals surface area contributed by atoms with Crippen LogP contribution in [0.3, 0.4) is 0 Å². The van der Waals surface area contributed by atoms with E-state index in [-0.39, 0.29) is 22.4 Å². The van der Waals surface area contributed by atoms with Crippen LogP contribution in [0, 0.1) is 17.3 Å². The summed E-state index contributed by atoms with van der Waals surface area (Å²) in [6.07, 6.45) is 7.26. The number of carbonyl (C=O) groups is 1. The second-order valence-electron chi connectivity index (χ2n) is 10.0. The number of aliphatic carboxylic acids is 1. The number of carboxylic acids is 1. The molecule has 2 unspecified atom stereocenters. The maximum absolute atomic E-state index is 13.4. The van der Waals surface area contributed by atoms with E-state index in [0.29, 0.717) is 30.5 Å². The Labute approximate surface area is 191 Å². The largest absolute Gasteiger partial charge is 0.496 e. The van der Waals surface area contributed by atoms with Crippen molar-refractivity contribution in [3.05, 3.63) is 51.4 Å². The van der Waals surface area contributed by atoms with E-state index in [0.717, 1.165) is 43.4 Å². The van der Waals surface area contributed by atoms with Crippen LogP contribution in [-0.4, -0.2) is 28.0 Å². The van der Waals surface area contributed by atoms with Crippen LogP contribution in [-0.2, 0) is 16.9 Å². The molecule has 4 atom stereocenters. The van der Waals surface area contributed by atoms with E-state index < -0.39 is 11.5 Å². The highest BCUT2D eigenvalue weighted by Gasteiger charge is 2.59. The van der Waals surface area contributed by atoms with Gasteiger partial charge in [-0.1, -0.05) is 29.8 Å². The quantitative estimate of drug-likeness (QED) is 0.644. The fourth-order valence-corrected chi connectivity index (χ4v) is 7.31. The number of methoxy groups -OCH3 is 1. The third kappa shape index (κ3) is 3.56. The van der Waals surface area contributed by atoms with Crippen LogP contribution in [0.2, 0.25) is 5.02 Å². The number of aromatic nitrogens is 2. The van der Waals surface area contributed by atoms with Gasteiger partial charge in [-0.3, -0.25) is 9.59 Å². The van der Waals surface area contributed by atoms with Crippen molar-refractivity contribution in [2.45, 2.75) is 57.0 Å². The minimum absolute atomic E-state index is 0.123. The van der Waals surface area contributed by atoms with Crippen molar-refractivity contribution in [1.29, 1.82) is 0 Å². The van der Waals surface area contributed by atoms with E-state index >= 15 is 0 Å². The van der Waals surface area contributed by atoms with Gasteiger partial charge in [-0.25, -0.2) is 4.68 Å². The zero-order valence-corrected chi connectivity index (χ0v) is 18.9. The Hall–Kier alpha value is -2.54. The van der Waals surface area contributed by atoms with Gasteiger partial charge in [-0.2, -0.15) is 5.10 Å². The number of nitrogens with one attached hydrogen (secondary N) is 1. The third-order valence-electron chi connectivity index (χ3n) is 7.71. The molecule has 4 aliphatic rings. The van der Waals surface area contributed by atoms with Crippen LogP contribution in [0.25, 0.3) is 0 Å². The number of rotatable bonds is 7. The minimum Gasteiger partial charge on any atom is -0.496 e. The van der Waals surface area contributed by atoms with Gasteiger partial charge in [-0.05, 0) is 61.8 Å². The first-order chi connectivity index (χ1) is 15.3. The first-order valence-electron chi connectivity index (χ1n) is 11.2. The van der Waals surface area contributed by atoms with Crippen molar-refractivity contribution >= 4 is 23.3 Å². The van der Waals surface area contributed by atoms with Crippen molar-refractivity contribution in [2.75, 3.05) is 12.4 Å². The van der Waals surface area contributed by atoms with Crippen LogP contribution >= 0.6 is 11.6 Å². The molecular formula is C24H28ClN3O4. The number of ether oxygens (including phenoxy) is 1. The Balaban J connectivity index is 1.43. The minimum atomic E-state index is -0.753. The average molecular weight is 458 g/mol. The van der Waals surface area contributed by atoms with Crippen molar-refractivity contribution < 1.29 is 14.6 Å². The first-order valence-corrected chi connectivity index (χ1v) is 11.6. The first kappa shape index (κ1) is 21.3. The molecule has 0 aliphatic heterocycles. The molecule has 32 heavy (non-hydrogen) atoms. The van der Waals surface area contributed by atoms with Gasteiger partial charge < -0.3 is 15.2 Å². The zero-order chi connectivity index (χ0) is 22.5. The second-order valence-corrected chi connectivity index (χ2v) is 10.4. The smallest absolute Gasteiger partial charge is 0.303 e. The molecule has 0 spiro atoms. The number of anilines is 1. The summed E-state index contributed by atoms with van der Waals surface area (Å²) < 4.78 is 6.97. The highest BCUT2D eigenvalue weighted by Crippen LogP contribution is 2.65. The van der Waals surface area contributed by atoms with E-state index in [9.17, 15) is 14.7 Å². The van der Waals surface area contributed by atoms with E-state index in [2.05, 4.69) is 10.4 Å². The number of hydrogen-bond donors (Lipinski definition) is 2. The van der Waals surface area contributed by atoms with Gasteiger partial charge in [-0.15, -0.1) is 0 Å². The molecule has 1 aromatic carbocycles. The van der Waals surface area contributed by atoms with Gasteiger partial charge in [0.05, 0.1) is 31.0 Å². The maximum atomic E-state index is 13.4. The fourth-order valence-electron chi connectivity index (χ4n) is 7.11. The molecule has 4 fully saturated rings. The molecular weight excluding hydrogens is 430 g/mol. The average Bonchev–Trinajstić information content (AvgIpc) is 2.73. The molecule has 0 radical (unpaired) electrons. The number of nitrogens with zero attached hydrogens (tertiary/aromatic N) is 2. The number of carboxylic acid groups (broad SMARTS) is 1. The second kappa shape index (κ2) is 7.80. The molecule has 2 N–H and O–H groups in total. The van der Waals surface area contributed by atoms with Crippen LogP contribution in [0.15, 0.2) is 35.3 Å². The summed E-state index contributed by atoms with van der Waals surface area (Å²) in [6.45, 7) is 0.450. The summed E-state index contributed by atoms with van der Waals surface area (Å²) in [7, 11) is 1.62. The molecule has 2 aromatic rings. The Morgan fingerprint density at radius 2 is 2.00 bits per heavy atom. The van der Waals surface area contributed by atoms with Gasteiger partial charge >= 0.3 is 5.97 Å². The monoisotopic (exact) mass is 457 g/mol. The maximum Gasteiger partial charge on any atom is 0.303 e. The Bertz CT molecular complexity index is 1100. The van der Waals surface area contributed by atoms with Crippen molar-refractivity contribution in [2.24, 2.45) is 17.3 Å². The molecule has 170 valence electrons. The van der Waals surface area contributed by atoms with Gasteiger partial charge in [0.1, 0.15) is 10.8 Å². The summed E-state index contributed by atoms with van der Waals surface area (Å²) >= 11 is 6.54. The number of para-hydroxylation sites is 1. The normalized spacial score (nSPS) is 30.3. The number of benzene rings is 1. The lowest BCUT2D eigenvalue weighted by atomic mass is 9.46. The van der Waals surface area contributed by atoms with Crippen LogP contribution < -0.4 is 15.6 Å². The molecule has 1 heterocycles. The molecule has 4 bridgehead atoms. The Kier molecular flexibility index (Phi) is 5.19. The van der Waals surface area contributed by atoms with E-state index in [1.165, 1.54) is 0 Å². The standard InChI is InChI=1S/C24H28ClN3O4/c1-32-19-5-3-2-4-17(19)12-26-18-13-27-28(22(31)21(18)25)24-9-15-6-16(10-24)8-23(7-15,14-24)11-20(29)30/h2-5,13,15-16,26H,6-12,14H2,1H3,(H,29,30)/t15-,16+,23?,24?. The molecule has 8 heteroatoms. The Morgan fingerprint density at radius 3 is 2.69 bits per heavy atom. The van der Waals surface area contributed by atoms with Crippen molar-refractivity contribution in [1.82, 2.24) is 9.78 Å². The predicted molar refractivity (Wildman–Crippen MR) is 121 cm³/mol. The lowest BCUT2D eigenvalue weighted by Crippen LogP contribution is -2.59. The highest BCUT2D eigenvalue weighted by molar-refractivity contribution is 6.32. The van der Waals surface area contributed by atoms with Crippen molar-refractivity contribution in [3.8, 4) is 5.75 Å². The SMILES string of the molecule is COc1ccccc1CNc1cnn(C23C[C@@H]4C[C@@H](CC(CC(=O)O)(C4)C2)C3)c(=O)c1Cl. The molecule has 0 amide bonds. The van der Waals surface area contributed by atoms with Gasteiger partial charge in [0.15, 0.2) is 0 Å². The number of halogens is 1. The van der Waals surface area contributed by atoms with E-state index in [4.69, 9.17) is 16.3 Å². The lowest BCUT2D eigenvalue weighted by Gasteiger charge is -2.61. The molecule has 4 aliphatic carbocycles. The van der Waals surface area contributed by atoms with Gasteiger partial charge in [0, 0.05) is 12.1 Å². The third-order valence-corrected chi connectivity index (χ3v) is 8.07. The van der Waals surface area contributed by atoms with Gasteiger partial charge in [0.25, 0.3) is 5.56 Å². The molecule has 4 saturated carbocycles. The Morgan fingerprint density at radius 1 is 1.28 bits per heavy atom. The number of hydrogen-bond acceptors (Lipinski definition) is 5. The summed E-state index contributed by atoms with van der Waals surface area (Å²) in [5, 5.41) is 17.4. The van der Waals surface area contributed by atoms with Gasteiger partial charge in [0.2, 0.25) is 0 Å². The van der Waals surface area contributed by atoms with Crippen molar-refractivity contribution in [3.63, 3.8) is 0 Å². The van der Waals surface area contributed by atoms with Crippen LogP contribution in [0.5, 0.6) is 5.75 Å². The van der Waals surface area contributed by atoms with E-state index in [1.54, 1.807) is 18.0 Å². The fraction of sp³-hybridized carbons (Fsp3) is 0.542. The summed E-state index contributed by atoms with van der Waals surface area (Å²) in [5.74, 6) is 0.906. The summed E-state index contributed by atoms with van der Waals surface area (Å²) in [4.78, 5) is 25.0. The molecule has 0 saturated heterocycles. The predicted octanol–water partition coefficient (Wildman–Crippen LogP) is 4.29. The lowest BCUT2D eigenvalue weighted by molar-refractivity contribution is -0.151. The summed E-state index contributed by atoms with van der Waals surface area (Å²) in [6, 6.07) is 7.67. The van der Waals surface area contributed by atoms with Crippen LogP contribution in [0.1, 0.15) is 50.5 Å². The summed E-state index contributed by atoms with van der Waals surface area (Å²) in [5.41, 5.74) is 0.478. The highest BCUT2D eigenvalue weighted by atomic mass is 35.5. The molecule has 7 nitrogen and oxygen atoms in total. The topological polar surface area (TPSA) is 93.4 Å². The zero-order valence-electron chi connectivity index (χ0n) is 18.1. The molecule has 6 rings (SSSR count). The van der Waals surface area contributed by atoms with Crippen LogP contribution in [0.4, 0.5) is 5.69 Å².